The molecule has 0 saturated carbocycles. The molecule has 0 heterocycles. The zero-order chi connectivity index (χ0) is 10.5. The van der Waals surface area contributed by atoms with Crippen molar-refractivity contribution < 1.29 is 13.2 Å². The lowest BCUT2D eigenvalue weighted by Crippen LogP contribution is -2.46. The molecule has 0 fully saturated rings. The van der Waals surface area contributed by atoms with Gasteiger partial charge in [-0.1, -0.05) is 26.7 Å². The van der Waals surface area contributed by atoms with E-state index in [2.05, 4.69) is 0 Å². The summed E-state index contributed by atoms with van der Waals surface area (Å²) in [7, 11) is 0. The van der Waals surface area contributed by atoms with Crippen LogP contribution in [0, 0.1) is 5.92 Å². The number of hydrazine groups is 1. The molecule has 0 rings (SSSR count). The molecule has 2 atom stereocenters. The standard InChI is InChI=1S/C8H17F3N2/c1-3-4-6(2)5-7(13-12)8(9,10)11/h6-7,13H,3-5,12H2,1-2H3. The Morgan fingerprint density at radius 2 is 1.92 bits per heavy atom. The molecule has 0 bridgehead atoms. The number of alkyl halides is 3. The van der Waals surface area contributed by atoms with Gasteiger partial charge in [-0.15, -0.1) is 0 Å². The highest BCUT2D eigenvalue weighted by molar-refractivity contribution is 4.74. The Balaban J connectivity index is 3.98. The Labute approximate surface area is 76.7 Å². The van der Waals surface area contributed by atoms with Crippen LogP contribution in [0.5, 0.6) is 0 Å². The molecular weight excluding hydrogens is 181 g/mol. The van der Waals surface area contributed by atoms with Crippen molar-refractivity contribution in [2.75, 3.05) is 0 Å². The number of nitrogens with one attached hydrogen (secondary N) is 1. The molecule has 0 aromatic rings. The SMILES string of the molecule is CCCC(C)CC(NN)C(F)(F)F. The van der Waals surface area contributed by atoms with Crippen molar-refractivity contribution in [3.8, 4) is 0 Å². The Bertz CT molecular complexity index is 136. The topological polar surface area (TPSA) is 38.0 Å². The van der Waals surface area contributed by atoms with Gasteiger partial charge < -0.3 is 0 Å². The molecule has 80 valence electrons. The third-order valence-corrected chi connectivity index (χ3v) is 2.02. The van der Waals surface area contributed by atoms with E-state index >= 15 is 0 Å². The quantitative estimate of drug-likeness (QED) is 0.525. The lowest BCUT2D eigenvalue weighted by molar-refractivity contribution is -0.159. The predicted molar refractivity (Wildman–Crippen MR) is 45.9 cm³/mol. The molecule has 0 aliphatic heterocycles. The van der Waals surface area contributed by atoms with Crippen LogP contribution in [0.3, 0.4) is 0 Å². The Morgan fingerprint density at radius 1 is 1.38 bits per heavy atom. The zero-order valence-corrected chi connectivity index (χ0v) is 7.99. The van der Waals surface area contributed by atoms with E-state index in [-0.39, 0.29) is 12.3 Å². The average Bonchev–Trinajstić information content (AvgIpc) is 1.98. The number of nitrogens with two attached hydrogens (primary N) is 1. The summed E-state index contributed by atoms with van der Waals surface area (Å²) in [5.74, 6) is 4.88. The summed E-state index contributed by atoms with van der Waals surface area (Å²) < 4.78 is 36.5. The van der Waals surface area contributed by atoms with E-state index in [0.717, 1.165) is 12.8 Å². The number of hydrogen-bond donors (Lipinski definition) is 2. The van der Waals surface area contributed by atoms with Crippen LogP contribution in [0.4, 0.5) is 13.2 Å². The van der Waals surface area contributed by atoms with Crippen LogP contribution >= 0.6 is 0 Å². The van der Waals surface area contributed by atoms with Crippen molar-refractivity contribution in [3.63, 3.8) is 0 Å². The van der Waals surface area contributed by atoms with Crippen LogP contribution in [0.25, 0.3) is 0 Å². The highest BCUT2D eigenvalue weighted by Crippen LogP contribution is 2.25. The van der Waals surface area contributed by atoms with Gasteiger partial charge in [-0.05, 0) is 12.3 Å². The molecule has 0 spiro atoms. The molecule has 0 aromatic heterocycles. The minimum Gasteiger partial charge on any atom is -0.271 e. The summed E-state index contributed by atoms with van der Waals surface area (Å²) in [6.45, 7) is 3.76. The summed E-state index contributed by atoms with van der Waals surface area (Å²) in [5.41, 5.74) is 1.81. The fourth-order valence-corrected chi connectivity index (χ4v) is 1.31. The lowest BCUT2D eigenvalue weighted by atomic mass is 9.97. The highest BCUT2D eigenvalue weighted by atomic mass is 19.4. The average molecular weight is 198 g/mol. The second-order valence-electron chi connectivity index (χ2n) is 3.39. The predicted octanol–water partition coefficient (Wildman–Crippen LogP) is 2.21. The van der Waals surface area contributed by atoms with Crippen LogP contribution in [0.2, 0.25) is 0 Å². The summed E-state index contributed by atoms with van der Waals surface area (Å²) in [6.07, 6.45) is -2.49. The van der Waals surface area contributed by atoms with E-state index in [0.29, 0.717) is 0 Å². The monoisotopic (exact) mass is 198 g/mol. The Hall–Kier alpha value is -0.290. The van der Waals surface area contributed by atoms with Gasteiger partial charge in [0, 0.05) is 0 Å². The van der Waals surface area contributed by atoms with Gasteiger partial charge in [0.2, 0.25) is 0 Å². The first kappa shape index (κ1) is 12.7. The van der Waals surface area contributed by atoms with E-state index < -0.39 is 12.2 Å². The van der Waals surface area contributed by atoms with Crippen LogP contribution in [-0.4, -0.2) is 12.2 Å². The molecule has 0 amide bonds. The van der Waals surface area contributed by atoms with Crippen molar-refractivity contribution in [2.45, 2.75) is 45.3 Å². The molecular formula is C8H17F3N2. The number of halogens is 3. The van der Waals surface area contributed by atoms with Crippen molar-refractivity contribution in [1.29, 1.82) is 0 Å². The van der Waals surface area contributed by atoms with Gasteiger partial charge in [0.15, 0.2) is 0 Å². The first-order valence-electron chi connectivity index (χ1n) is 4.44. The number of rotatable bonds is 5. The van der Waals surface area contributed by atoms with E-state index in [1.807, 2.05) is 6.92 Å². The van der Waals surface area contributed by atoms with Crippen molar-refractivity contribution in [1.82, 2.24) is 5.43 Å². The van der Waals surface area contributed by atoms with Crippen LogP contribution in [-0.2, 0) is 0 Å². The maximum atomic E-state index is 12.2. The van der Waals surface area contributed by atoms with Gasteiger partial charge in [0.25, 0.3) is 0 Å². The summed E-state index contributed by atoms with van der Waals surface area (Å²) in [5, 5.41) is 0. The lowest BCUT2D eigenvalue weighted by Gasteiger charge is -2.22. The summed E-state index contributed by atoms with van der Waals surface area (Å²) in [4.78, 5) is 0. The van der Waals surface area contributed by atoms with E-state index in [9.17, 15) is 13.2 Å². The van der Waals surface area contributed by atoms with Crippen molar-refractivity contribution in [2.24, 2.45) is 11.8 Å². The van der Waals surface area contributed by atoms with Gasteiger partial charge in [0.05, 0.1) is 0 Å². The van der Waals surface area contributed by atoms with E-state index in [1.54, 1.807) is 12.3 Å². The van der Waals surface area contributed by atoms with Gasteiger partial charge >= 0.3 is 6.18 Å². The van der Waals surface area contributed by atoms with Gasteiger partial charge in [0.1, 0.15) is 6.04 Å². The molecule has 0 radical (unpaired) electrons. The molecule has 2 nitrogen and oxygen atoms in total. The first-order chi connectivity index (χ1) is 5.91. The first-order valence-corrected chi connectivity index (χ1v) is 4.44. The highest BCUT2D eigenvalue weighted by Gasteiger charge is 2.39. The van der Waals surface area contributed by atoms with Crippen molar-refractivity contribution >= 4 is 0 Å². The fourth-order valence-electron chi connectivity index (χ4n) is 1.31. The maximum absolute atomic E-state index is 12.2. The Morgan fingerprint density at radius 3 is 2.23 bits per heavy atom. The number of hydrogen-bond acceptors (Lipinski definition) is 2. The zero-order valence-electron chi connectivity index (χ0n) is 7.99. The molecule has 0 aliphatic carbocycles. The van der Waals surface area contributed by atoms with Crippen LogP contribution < -0.4 is 11.3 Å². The smallest absolute Gasteiger partial charge is 0.271 e. The maximum Gasteiger partial charge on any atom is 0.405 e. The third-order valence-electron chi connectivity index (χ3n) is 2.02. The molecule has 2 unspecified atom stereocenters. The fraction of sp³-hybridized carbons (Fsp3) is 1.00. The molecule has 0 aromatic carbocycles. The molecule has 3 N–H and O–H groups in total. The summed E-state index contributed by atoms with van der Waals surface area (Å²) >= 11 is 0. The minimum absolute atomic E-state index is 0.0488. The van der Waals surface area contributed by atoms with Gasteiger partial charge in [-0.3, -0.25) is 5.84 Å². The van der Waals surface area contributed by atoms with Crippen LogP contribution in [0.1, 0.15) is 33.1 Å². The second kappa shape index (κ2) is 5.44. The Kier molecular flexibility index (Phi) is 5.32. The van der Waals surface area contributed by atoms with Crippen LogP contribution in [0.15, 0.2) is 0 Å². The van der Waals surface area contributed by atoms with Gasteiger partial charge in [-0.2, -0.15) is 13.2 Å². The molecule has 0 saturated heterocycles. The normalized spacial score (nSPS) is 17.1. The minimum atomic E-state index is -4.24. The molecule has 0 aliphatic rings. The largest absolute Gasteiger partial charge is 0.405 e. The third kappa shape index (κ3) is 5.10. The summed E-state index contributed by atoms with van der Waals surface area (Å²) in [6, 6.07) is -1.57. The molecule has 5 heteroatoms. The van der Waals surface area contributed by atoms with E-state index in [1.165, 1.54) is 0 Å². The van der Waals surface area contributed by atoms with Gasteiger partial charge in [-0.25, -0.2) is 5.43 Å². The molecule has 13 heavy (non-hydrogen) atoms. The van der Waals surface area contributed by atoms with E-state index in [4.69, 9.17) is 5.84 Å². The second-order valence-corrected chi connectivity index (χ2v) is 3.39. The van der Waals surface area contributed by atoms with Crippen molar-refractivity contribution in [3.05, 3.63) is 0 Å².